The molecule has 1 aromatic heterocycles. The second-order valence-electron chi connectivity index (χ2n) is 7.85. The van der Waals surface area contributed by atoms with E-state index in [0.717, 1.165) is 11.4 Å². The van der Waals surface area contributed by atoms with E-state index in [1.165, 1.54) is 17.3 Å². The van der Waals surface area contributed by atoms with Crippen LogP contribution in [-0.4, -0.2) is 71.8 Å². The molecule has 0 atom stereocenters. The van der Waals surface area contributed by atoms with Crippen LogP contribution < -0.4 is 0 Å². The van der Waals surface area contributed by atoms with Gasteiger partial charge in [0, 0.05) is 39.9 Å². The zero-order valence-corrected chi connectivity index (χ0v) is 19.1. The van der Waals surface area contributed by atoms with Crippen molar-refractivity contribution < 1.29 is 14.3 Å². The van der Waals surface area contributed by atoms with Crippen LogP contribution in [0.1, 0.15) is 26.3 Å². The van der Waals surface area contributed by atoms with Crippen molar-refractivity contribution >= 4 is 17.7 Å². The lowest BCUT2D eigenvalue weighted by atomic mass is 9.87. The molecular formula is C21H32N4O3S. The van der Waals surface area contributed by atoms with E-state index in [2.05, 4.69) is 55.2 Å². The van der Waals surface area contributed by atoms with Crippen molar-refractivity contribution in [2.45, 2.75) is 31.3 Å². The molecule has 8 heteroatoms. The maximum atomic E-state index is 12.6. The van der Waals surface area contributed by atoms with Crippen LogP contribution in [0.15, 0.2) is 29.4 Å². The lowest BCUT2D eigenvalue weighted by Crippen LogP contribution is -2.37. The quantitative estimate of drug-likeness (QED) is 0.551. The number of carbonyl (C=O) groups is 1. The number of benzene rings is 1. The summed E-state index contributed by atoms with van der Waals surface area (Å²) < 4.78 is 12.1. The average molecular weight is 421 g/mol. The van der Waals surface area contributed by atoms with Crippen molar-refractivity contribution in [1.29, 1.82) is 0 Å². The van der Waals surface area contributed by atoms with Crippen molar-refractivity contribution in [3.05, 3.63) is 29.8 Å². The summed E-state index contributed by atoms with van der Waals surface area (Å²) in [6, 6.07) is 8.40. The first-order valence-electron chi connectivity index (χ1n) is 9.66. The van der Waals surface area contributed by atoms with Gasteiger partial charge in [-0.2, -0.15) is 0 Å². The van der Waals surface area contributed by atoms with Crippen molar-refractivity contribution in [3.63, 3.8) is 0 Å². The van der Waals surface area contributed by atoms with E-state index < -0.39 is 0 Å². The highest BCUT2D eigenvalue weighted by Gasteiger charge is 2.18. The fourth-order valence-electron chi connectivity index (χ4n) is 2.79. The Morgan fingerprint density at radius 3 is 2.17 bits per heavy atom. The van der Waals surface area contributed by atoms with Crippen LogP contribution in [0.5, 0.6) is 0 Å². The summed E-state index contributed by atoms with van der Waals surface area (Å²) in [6.45, 7) is 8.67. The number of ether oxygens (including phenoxy) is 2. The van der Waals surface area contributed by atoms with E-state index >= 15 is 0 Å². The van der Waals surface area contributed by atoms with Crippen molar-refractivity contribution in [2.75, 3.05) is 46.3 Å². The molecule has 0 aliphatic heterocycles. The largest absolute Gasteiger partial charge is 0.383 e. The molecule has 0 fully saturated rings. The molecule has 0 aliphatic carbocycles. The van der Waals surface area contributed by atoms with E-state index in [0.29, 0.717) is 37.2 Å². The zero-order chi connectivity index (χ0) is 21.4. The molecule has 0 spiro atoms. The highest BCUT2D eigenvalue weighted by molar-refractivity contribution is 7.99. The molecule has 0 radical (unpaired) electrons. The lowest BCUT2D eigenvalue weighted by Gasteiger charge is -2.21. The van der Waals surface area contributed by atoms with Gasteiger partial charge in [0.25, 0.3) is 0 Å². The molecule has 1 heterocycles. The Morgan fingerprint density at radius 2 is 1.66 bits per heavy atom. The Labute approximate surface area is 177 Å². The van der Waals surface area contributed by atoms with Crippen LogP contribution in [-0.2, 0) is 26.7 Å². The van der Waals surface area contributed by atoms with Gasteiger partial charge in [0.2, 0.25) is 5.91 Å². The predicted molar refractivity (Wildman–Crippen MR) is 116 cm³/mol. The van der Waals surface area contributed by atoms with Gasteiger partial charge in [-0.25, -0.2) is 0 Å². The first-order valence-corrected chi connectivity index (χ1v) is 10.6. The number of rotatable bonds is 10. The third-order valence-electron chi connectivity index (χ3n) is 4.65. The van der Waals surface area contributed by atoms with Gasteiger partial charge in [0.05, 0.1) is 19.0 Å². The second kappa shape index (κ2) is 10.8. The van der Waals surface area contributed by atoms with E-state index in [4.69, 9.17) is 9.47 Å². The van der Waals surface area contributed by atoms with Gasteiger partial charge in [-0.05, 0) is 11.0 Å². The Morgan fingerprint density at radius 1 is 1.07 bits per heavy atom. The fraction of sp³-hybridized carbons (Fsp3) is 0.571. The summed E-state index contributed by atoms with van der Waals surface area (Å²) in [7, 11) is 5.18. The SMILES string of the molecule is COCCN(CCOC)C(=O)CSc1nnc(-c2ccc(C(C)(C)C)cc2)n1C. The molecule has 2 rings (SSSR count). The first kappa shape index (κ1) is 23.4. The summed E-state index contributed by atoms with van der Waals surface area (Å²) >= 11 is 1.39. The number of thioether (sulfide) groups is 1. The summed E-state index contributed by atoms with van der Waals surface area (Å²) in [4.78, 5) is 14.3. The third-order valence-corrected chi connectivity index (χ3v) is 5.66. The van der Waals surface area contributed by atoms with Gasteiger partial charge in [0.15, 0.2) is 11.0 Å². The van der Waals surface area contributed by atoms with Crippen molar-refractivity contribution in [1.82, 2.24) is 19.7 Å². The van der Waals surface area contributed by atoms with Crippen LogP contribution >= 0.6 is 11.8 Å². The van der Waals surface area contributed by atoms with Crippen molar-refractivity contribution in [2.24, 2.45) is 7.05 Å². The van der Waals surface area contributed by atoms with E-state index in [1.54, 1.807) is 19.1 Å². The van der Waals surface area contributed by atoms with Crippen LogP contribution in [0.25, 0.3) is 11.4 Å². The molecule has 160 valence electrons. The Balaban J connectivity index is 2.04. The van der Waals surface area contributed by atoms with Crippen LogP contribution in [0, 0.1) is 0 Å². The van der Waals surface area contributed by atoms with Gasteiger partial charge in [0.1, 0.15) is 0 Å². The van der Waals surface area contributed by atoms with Crippen LogP contribution in [0.4, 0.5) is 0 Å². The first-order chi connectivity index (χ1) is 13.8. The number of hydrogen-bond donors (Lipinski definition) is 0. The normalized spacial score (nSPS) is 11.7. The van der Waals surface area contributed by atoms with Gasteiger partial charge >= 0.3 is 0 Å². The monoisotopic (exact) mass is 420 g/mol. The second-order valence-corrected chi connectivity index (χ2v) is 8.79. The molecular weight excluding hydrogens is 388 g/mol. The van der Waals surface area contributed by atoms with Gasteiger partial charge in [-0.15, -0.1) is 10.2 Å². The number of hydrogen-bond acceptors (Lipinski definition) is 6. The van der Waals surface area contributed by atoms with Crippen LogP contribution in [0.2, 0.25) is 0 Å². The van der Waals surface area contributed by atoms with Crippen LogP contribution in [0.3, 0.4) is 0 Å². The molecule has 0 unspecified atom stereocenters. The molecule has 0 bridgehead atoms. The molecule has 0 N–H and O–H groups in total. The van der Waals surface area contributed by atoms with Gasteiger partial charge in [-0.3, -0.25) is 4.79 Å². The number of nitrogens with zero attached hydrogens (tertiary/aromatic N) is 4. The van der Waals surface area contributed by atoms with E-state index in [1.807, 2.05) is 11.6 Å². The van der Waals surface area contributed by atoms with E-state index in [9.17, 15) is 4.79 Å². The minimum atomic E-state index is 0.0307. The molecule has 1 amide bonds. The summed E-state index contributed by atoms with van der Waals surface area (Å²) in [6.07, 6.45) is 0. The molecule has 1 aromatic carbocycles. The zero-order valence-electron chi connectivity index (χ0n) is 18.3. The fourth-order valence-corrected chi connectivity index (χ4v) is 3.61. The predicted octanol–water partition coefficient (Wildman–Crippen LogP) is 2.99. The number of carbonyl (C=O) groups excluding carboxylic acids is 1. The Bertz CT molecular complexity index is 776. The number of aromatic nitrogens is 3. The van der Waals surface area contributed by atoms with E-state index in [-0.39, 0.29) is 11.3 Å². The highest BCUT2D eigenvalue weighted by atomic mass is 32.2. The Hall–Kier alpha value is -1.90. The highest BCUT2D eigenvalue weighted by Crippen LogP contribution is 2.27. The molecule has 2 aromatic rings. The third kappa shape index (κ3) is 6.55. The number of methoxy groups -OCH3 is 2. The van der Waals surface area contributed by atoms with Crippen molar-refractivity contribution in [3.8, 4) is 11.4 Å². The topological polar surface area (TPSA) is 69.5 Å². The van der Waals surface area contributed by atoms with Gasteiger partial charge in [-0.1, -0.05) is 56.8 Å². The minimum Gasteiger partial charge on any atom is -0.383 e. The smallest absolute Gasteiger partial charge is 0.233 e. The molecule has 0 saturated heterocycles. The standard InChI is InChI=1S/C21H32N4O3S/c1-21(2,3)17-9-7-16(8-10-17)19-22-23-20(24(19)4)29-15-18(26)25(11-13-27-5)12-14-28-6/h7-10H,11-15H2,1-6H3. The molecule has 7 nitrogen and oxygen atoms in total. The maximum absolute atomic E-state index is 12.6. The molecule has 0 saturated carbocycles. The molecule has 0 aliphatic rings. The minimum absolute atomic E-state index is 0.0307. The molecule has 29 heavy (non-hydrogen) atoms. The Kier molecular flexibility index (Phi) is 8.67. The summed E-state index contributed by atoms with van der Waals surface area (Å²) in [5.41, 5.74) is 2.39. The number of amides is 1. The van der Waals surface area contributed by atoms with Gasteiger partial charge < -0.3 is 18.9 Å². The summed E-state index contributed by atoms with van der Waals surface area (Å²) in [5.74, 6) is 1.11. The summed E-state index contributed by atoms with van der Waals surface area (Å²) in [5, 5.41) is 9.32. The average Bonchev–Trinajstić information content (AvgIpc) is 3.06. The lowest BCUT2D eigenvalue weighted by molar-refractivity contribution is -0.129. The maximum Gasteiger partial charge on any atom is 0.233 e.